The van der Waals surface area contributed by atoms with E-state index in [9.17, 15) is 22.0 Å². The summed E-state index contributed by atoms with van der Waals surface area (Å²) in [6.07, 6.45) is 0. The molecule has 0 spiro atoms. The monoisotopic (exact) mass is 451 g/mol. The van der Waals surface area contributed by atoms with Crippen molar-refractivity contribution in [1.82, 2.24) is 4.90 Å². The lowest BCUT2D eigenvalue weighted by Crippen LogP contribution is -2.30. The number of sulfone groups is 1. The van der Waals surface area contributed by atoms with Crippen molar-refractivity contribution in [3.63, 3.8) is 0 Å². The quantitative estimate of drug-likeness (QED) is 0.502. The van der Waals surface area contributed by atoms with Crippen LogP contribution in [0, 0.1) is 0 Å². The number of rotatable bonds is 8. The third-order valence-corrected chi connectivity index (χ3v) is 6.69. The Morgan fingerprint density at radius 1 is 1.03 bits per heavy atom. The van der Waals surface area contributed by atoms with Crippen LogP contribution >= 0.6 is 11.3 Å². The number of thiophene rings is 1. The second kappa shape index (κ2) is 9.36. The van der Waals surface area contributed by atoms with Gasteiger partial charge in [0, 0.05) is 16.0 Å². The number of hydrogen-bond acceptors (Lipinski definition) is 5. The highest BCUT2D eigenvalue weighted by Crippen LogP contribution is 2.24. The van der Waals surface area contributed by atoms with Crippen molar-refractivity contribution in [2.45, 2.75) is 23.7 Å². The highest BCUT2D eigenvalue weighted by Gasteiger charge is 2.27. The number of carbonyl (C=O) groups excluding carboxylic acids is 1. The molecule has 0 saturated heterocycles. The first-order valence-electron chi connectivity index (χ1n) is 8.88. The molecule has 0 unspecified atom stereocenters. The predicted octanol–water partition coefficient (Wildman–Crippen LogP) is 4.60. The number of carbonyl (C=O) groups is 1. The second-order valence-electron chi connectivity index (χ2n) is 6.38. The summed E-state index contributed by atoms with van der Waals surface area (Å²) in [4.78, 5) is 15.2. The molecule has 5 nitrogen and oxygen atoms in total. The number of hydrogen-bond donors (Lipinski definition) is 0. The van der Waals surface area contributed by atoms with Gasteiger partial charge in [0.25, 0.3) is 5.91 Å². The predicted molar refractivity (Wildman–Crippen MR) is 111 cm³/mol. The molecule has 3 rings (SSSR count). The van der Waals surface area contributed by atoms with Crippen LogP contribution in [-0.2, 0) is 22.9 Å². The summed E-state index contributed by atoms with van der Waals surface area (Å²) in [5, 5.41) is 1.91. The first-order chi connectivity index (χ1) is 14.3. The van der Waals surface area contributed by atoms with Crippen LogP contribution in [0.4, 0.5) is 8.78 Å². The third kappa shape index (κ3) is 4.85. The lowest BCUT2D eigenvalue weighted by molar-refractivity contribution is 0.0730. The largest absolute Gasteiger partial charge is 0.496 e. The summed E-state index contributed by atoms with van der Waals surface area (Å²) >= 11 is 1.51. The van der Waals surface area contributed by atoms with Crippen molar-refractivity contribution in [2.24, 2.45) is 0 Å². The van der Waals surface area contributed by atoms with Crippen LogP contribution in [0.15, 0.2) is 70.9 Å². The van der Waals surface area contributed by atoms with E-state index in [1.165, 1.54) is 23.5 Å². The second-order valence-corrected chi connectivity index (χ2v) is 9.33. The first-order valence-corrected chi connectivity index (χ1v) is 11.3. The summed E-state index contributed by atoms with van der Waals surface area (Å²) in [6, 6.07) is 15.7. The van der Waals surface area contributed by atoms with Crippen molar-refractivity contribution in [3.8, 4) is 5.75 Å². The van der Waals surface area contributed by atoms with Crippen molar-refractivity contribution in [1.29, 1.82) is 0 Å². The van der Waals surface area contributed by atoms with Gasteiger partial charge in [0.2, 0.25) is 9.84 Å². The smallest absolute Gasteiger partial charge is 0.341 e. The molecule has 30 heavy (non-hydrogen) atoms. The number of halogens is 2. The molecule has 0 bridgehead atoms. The van der Waals surface area contributed by atoms with Crippen molar-refractivity contribution >= 4 is 27.1 Å². The van der Waals surface area contributed by atoms with Gasteiger partial charge in [-0.05, 0) is 41.8 Å². The Labute approximate surface area is 177 Å². The highest BCUT2D eigenvalue weighted by molar-refractivity contribution is 7.91. The molecular formula is C21H19F2NO4S2. The molecule has 0 atom stereocenters. The Bertz CT molecular complexity index is 1100. The molecule has 0 aliphatic rings. The molecule has 158 valence electrons. The lowest BCUT2D eigenvalue weighted by atomic mass is 10.1. The Hall–Kier alpha value is -2.78. The van der Waals surface area contributed by atoms with Crippen LogP contribution in [-0.4, -0.2) is 32.1 Å². The minimum Gasteiger partial charge on any atom is -0.496 e. The minimum atomic E-state index is -4.71. The fourth-order valence-corrected chi connectivity index (χ4v) is 4.34. The molecular weight excluding hydrogens is 432 g/mol. The molecule has 0 aliphatic carbocycles. The highest BCUT2D eigenvalue weighted by atomic mass is 32.2. The van der Waals surface area contributed by atoms with Crippen molar-refractivity contribution in [2.75, 3.05) is 7.11 Å². The van der Waals surface area contributed by atoms with Crippen LogP contribution in [0.5, 0.6) is 5.75 Å². The van der Waals surface area contributed by atoms with Crippen molar-refractivity contribution < 1.29 is 26.7 Å². The Morgan fingerprint density at radius 3 is 2.33 bits per heavy atom. The first kappa shape index (κ1) is 21.9. The molecule has 1 aromatic heterocycles. The Kier molecular flexibility index (Phi) is 6.84. The van der Waals surface area contributed by atoms with E-state index < -0.39 is 20.5 Å². The van der Waals surface area contributed by atoms with Gasteiger partial charge in [-0.2, -0.15) is 8.78 Å². The zero-order valence-corrected chi connectivity index (χ0v) is 17.6. The van der Waals surface area contributed by atoms with Gasteiger partial charge in [0.05, 0.1) is 25.1 Å². The van der Waals surface area contributed by atoms with Crippen LogP contribution in [0.25, 0.3) is 0 Å². The summed E-state index contributed by atoms with van der Waals surface area (Å²) in [7, 11) is -3.16. The zero-order valence-electron chi connectivity index (χ0n) is 16.0. The molecule has 1 amide bonds. The summed E-state index contributed by atoms with van der Waals surface area (Å²) < 4.78 is 54.1. The summed E-state index contributed by atoms with van der Waals surface area (Å²) in [5.74, 6) is -3.23. The fraction of sp³-hybridized carbons (Fsp3) is 0.190. The fourth-order valence-electron chi connectivity index (χ4n) is 2.90. The van der Waals surface area contributed by atoms with E-state index in [4.69, 9.17) is 4.74 Å². The van der Waals surface area contributed by atoms with Crippen LogP contribution in [0.3, 0.4) is 0 Å². The lowest BCUT2D eigenvalue weighted by Gasteiger charge is -2.23. The number of amides is 1. The molecule has 0 aliphatic heterocycles. The van der Waals surface area contributed by atoms with E-state index in [1.807, 2.05) is 35.7 Å². The van der Waals surface area contributed by atoms with E-state index in [1.54, 1.807) is 18.1 Å². The third-order valence-electron chi connectivity index (χ3n) is 4.43. The number of benzene rings is 2. The van der Waals surface area contributed by atoms with E-state index in [2.05, 4.69) is 0 Å². The van der Waals surface area contributed by atoms with E-state index in [0.29, 0.717) is 12.3 Å². The standard InChI is InChI=1S/C21H19F2NO4S2/c1-28-19-7-3-2-5-16(19)13-24(14-17-6-4-12-29-17)20(25)15-8-10-18(11-9-15)30(26,27)21(22)23/h2-12,21H,13-14H2,1H3. The molecule has 9 heteroatoms. The molecule has 0 N–H and O–H groups in total. The van der Waals surface area contributed by atoms with E-state index in [0.717, 1.165) is 22.6 Å². The SMILES string of the molecule is COc1ccccc1CN(Cc1cccs1)C(=O)c1ccc(S(=O)(=O)C(F)F)cc1. The van der Waals surface area contributed by atoms with E-state index >= 15 is 0 Å². The van der Waals surface area contributed by atoms with Gasteiger partial charge >= 0.3 is 5.76 Å². The maximum atomic E-state index is 13.2. The minimum absolute atomic E-state index is 0.203. The van der Waals surface area contributed by atoms with Gasteiger partial charge in [-0.15, -0.1) is 11.3 Å². The number of ether oxygens (including phenoxy) is 1. The van der Waals surface area contributed by atoms with Gasteiger partial charge in [-0.25, -0.2) is 8.42 Å². The molecule has 0 saturated carbocycles. The summed E-state index contributed by atoms with van der Waals surface area (Å²) in [5.41, 5.74) is 1.01. The number of para-hydroxylation sites is 1. The topological polar surface area (TPSA) is 63.7 Å². The van der Waals surface area contributed by atoms with Crippen LogP contribution in [0.2, 0.25) is 0 Å². The number of methoxy groups -OCH3 is 1. The maximum Gasteiger partial charge on any atom is 0.341 e. The Balaban J connectivity index is 1.90. The normalized spacial score (nSPS) is 11.5. The van der Waals surface area contributed by atoms with Gasteiger partial charge in [0.15, 0.2) is 0 Å². The molecule has 1 heterocycles. The van der Waals surface area contributed by atoms with Gasteiger partial charge in [-0.3, -0.25) is 4.79 Å². The number of alkyl halides is 2. The molecule has 0 fully saturated rings. The molecule has 3 aromatic rings. The average Bonchev–Trinajstić information content (AvgIpc) is 3.26. The van der Waals surface area contributed by atoms with E-state index in [-0.39, 0.29) is 18.0 Å². The molecule has 2 aromatic carbocycles. The van der Waals surface area contributed by atoms with Gasteiger partial charge < -0.3 is 9.64 Å². The van der Waals surface area contributed by atoms with Gasteiger partial charge in [-0.1, -0.05) is 24.3 Å². The maximum absolute atomic E-state index is 13.2. The van der Waals surface area contributed by atoms with Gasteiger partial charge in [0.1, 0.15) is 5.75 Å². The number of nitrogens with zero attached hydrogens (tertiary/aromatic N) is 1. The molecule has 0 radical (unpaired) electrons. The van der Waals surface area contributed by atoms with Crippen molar-refractivity contribution in [3.05, 3.63) is 82.0 Å². The Morgan fingerprint density at radius 2 is 1.73 bits per heavy atom. The van der Waals surface area contributed by atoms with Crippen LogP contribution < -0.4 is 4.74 Å². The average molecular weight is 452 g/mol. The summed E-state index contributed by atoms with van der Waals surface area (Å²) in [6.45, 7) is 0.601. The van der Waals surface area contributed by atoms with Crippen LogP contribution in [0.1, 0.15) is 20.8 Å². The zero-order chi connectivity index (χ0) is 21.7.